The number of hydrogen-bond donors (Lipinski definition) is 4. The molecule has 4 aromatic carbocycles. The highest BCUT2D eigenvalue weighted by Crippen LogP contribution is 2.35. The fourth-order valence-corrected chi connectivity index (χ4v) is 8.50. The number of amides is 6. The smallest absolute Gasteiger partial charge is 0.408 e. The zero-order valence-electron chi connectivity index (χ0n) is 37.8. The summed E-state index contributed by atoms with van der Waals surface area (Å²) in [6, 6.07) is 27.3. The highest BCUT2D eigenvalue weighted by molar-refractivity contribution is 6.00. The summed E-state index contributed by atoms with van der Waals surface area (Å²) < 4.78 is 10.9. The minimum absolute atomic E-state index is 0.293. The molecule has 4 N–H and O–H groups in total. The third kappa shape index (κ3) is 11.6. The van der Waals surface area contributed by atoms with Gasteiger partial charge in [0.2, 0.25) is 5.91 Å². The summed E-state index contributed by atoms with van der Waals surface area (Å²) in [4.78, 5) is 84.3. The fourth-order valence-electron chi connectivity index (χ4n) is 8.50. The van der Waals surface area contributed by atoms with Gasteiger partial charge >= 0.3 is 18.2 Å². The van der Waals surface area contributed by atoms with Crippen molar-refractivity contribution in [2.24, 2.45) is 0 Å². The summed E-state index contributed by atoms with van der Waals surface area (Å²) in [5, 5.41) is 11.5. The fraction of sp³-hybridized carbons (Fsp3) is 0.373. The maximum atomic E-state index is 14.1. The van der Waals surface area contributed by atoms with Crippen molar-refractivity contribution in [3.8, 4) is 0 Å². The van der Waals surface area contributed by atoms with Crippen molar-refractivity contribution in [3.05, 3.63) is 131 Å². The summed E-state index contributed by atoms with van der Waals surface area (Å²) in [5.74, 6) is -0.991. The largest absolute Gasteiger partial charge is 0.444 e. The first-order chi connectivity index (χ1) is 30.9. The molecule has 4 aromatic rings. The number of benzene rings is 4. The van der Waals surface area contributed by atoms with Crippen molar-refractivity contribution in [2.75, 3.05) is 23.7 Å². The molecule has 0 bridgehead atoms. The Kier molecular flexibility index (Phi) is 13.8. The van der Waals surface area contributed by atoms with Gasteiger partial charge in [-0.1, -0.05) is 84.9 Å². The van der Waals surface area contributed by atoms with Gasteiger partial charge in [-0.15, -0.1) is 0 Å². The van der Waals surface area contributed by atoms with E-state index in [2.05, 4.69) is 27.3 Å². The Balaban J connectivity index is 0.976. The van der Waals surface area contributed by atoms with Crippen LogP contribution in [0.2, 0.25) is 0 Å². The van der Waals surface area contributed by atoms with Crippen LogP contribution in [0.4, 0.5) is 25.8 Å². The Morgan fingerprint density at radius 2 is 1.15 bits per heavy atom. The Hall–Kier alpha value is -6.96. The second-order valence-corrected chi connectivity index (χ2v) is 18.7. The molecule has 7 rings (SSSR count). The second-order valence-electron chi connectivity index (χ2n) is 18.7. The summed E-state index contributed by atoms with van der Waals surface area (Å²) in [6.07, 6.45) is 3.53. The number of urea groups is 1. The first-order valence-electron chi connectivity index (χ1n) is 22.2. The number of hydrogen-bond acceptors (Lipinski definition) is 8. The molecule has 0 spiro atoms. The van der Waals surface area contributed by atoms with Crippen molar-refractivity contribution in [1.29, 1.82) is 0 Å². The zero-order valence-corrected chi connectivity index (χ0v) is 37.8. The summed E-state index contributed by atoms with van der Waals surface area (Å²) in [7, 11) is 0. The van der Waals surface area contributed by atoms with Gasteiger partial charge in [-0.25, -0.2) is 14.4 Å². The number of ether oxygens (including phenoxy) is 2. The summed E-state index contributed by atoms with van der Waals surface area (Å²) >= 11 is 0. The van der Waals surface area contributed by atoms with E-state index in [9.17, 15) is 28.8 Å². The molecular formula is C51H58N6O8. The topological polar surface area (TPSA) is 175 Å². The van der Waals surface area contributed by atoms with Crippen LogP contribution in [0, 0.1) is 0 Å². The number of nitrogens with zero attached hydrogens (tertiary/aromatic N) is 2. The number of carbonyl (C=O) groups excluding carboxylic acids is 6. The Bertz CT molecular complexity index is 2440. The number of Topliss-reactive ketones (excluding diaryl/α,β-unsaturated/α-hetero) is 1. The average Bonchev–Trinajstić information content (AvgIpc) is 4.05. The molecule has 2 aliphatic heterocycles. The molecule has 2 saturated heterocycles. The maximum absolute atomic E-state index is 14.1. The van der Waals surface area contributed by atoms with Crippen LogP contribution in [0.5, 0.6) is 0 Å². The minimum atomic E-state index is -1.03. The molecule has 0 radical (unpaired) electrons. The molecule has 65 heavy (non-hydrogen) atoms. The van der Waals surface area contributed by atoms with Crippen molar-refractivity contribution in [2.45, 2.75) is 109 Å². The number of carbonyl (C=O) groups is 6. The predicted octanol–water partition coefficient (Wildman–Crippen LogP) is 8.81. The van der Waals surface area contributed by atoms with Crippen molar-refractivity contribution in [3.63, 3.8) is 0 Å². The predicted molar refractivity (Wildman–Crippen MR) is 249 cm³/mol. The second kappa shape index (κ2) is 19.4. The van der Waals surface area contributed by atoms with E-state index in [1.165, 1.54) is 9.80 Å². The van der Waals surface area contributed by atoms with Crippen molar-refractivity contribution in [1.82, 2.24) is 20.4 Å². The number of likely N-dealkylation sites (tertiary alicyclic amines) is 2. The van der Waals surface area contributed by atoms with Gasteiger partial charge in [0.05, 0.1) is 6.04 Å². The minimum Gasteiger partial charge on any atom is -0.444 e. The first kappa shape index (κ1) is 46.0. The lowest BCUT2D eigenvalue weighted by Crippen LogP contribution is -2.49. The van der Waals surface area contributed by atoms with E-state index >= 15 is 0 Å². The van der Waals surface area contributed by atoms with E-state index in [4.69, 9.17) is 9.47 Å². The highest BCUT2D eigenvalue weighted by Gasteiger charge is 2.41. The number of allylic oxidation sites excluding steroid dienone is 1. The van der Waals surface area contributed by atoms with E-state index in [1.807, 2.05) is 54.6 Å². The normalized spacial score (nSPS) is 17.8. The van der Waals surface area contributed by atoms with Gasteiger partial charge in [-0.3, -0.25) is 14.4 Å². The van der Waals surface area contributed by atoms with Crippen LogP contribution >= 0.6 is 0 Å². The summed E-state index contributed by atoms with van der Waals surface area (Å²) in [6.45, 7) is 11.3. The molecule has 2 heterocycles. The SMILES string of the molecule is CC(C)(C)OC(=O)N[C@@H](C(=O)C1CCCN1C(=O)Nc1ccc2c(c1)C=C(c1ccc(NC(=O)[C@@H]3CCCN3C(=O)[C@H](NC(=O)OC(C)(C)C)c3ccccc3)cc1)C2)c1ccccc1. The number of ketones is 1. The number of fused-ring (bicyclic) bond motifs is 1. The van der Waals surface area contributed by atoms with Crippen LogP contribution in [0.25, 0.3) is 11.6 Å². The van der Waals surface area contributed by atoms with E-state index in [1.54, 1.807) is 90.1 Å². The first-order valence-corrected chi connectivity index (χ1v) is 22.2. The zero-order chi connectivity index (χ0) is 46.5. The van der Waals surface area contributed by atoms with Gasteiger partial charge < -0.3 is 40.5 Å². The number of nitrogens with one attached hydrogen (secondary N) is 4. The number of alkyl carbamates (subject to hydrolysis) is 2. The monoisotopic (exact) mass is 882 g/mol. The molecule has 4 atom stereocenters. The lowest BCUT2D eigenvalue weighted by molar-refractivity contribution is -0.138. The van der Waals surface area contributed by atoms with Gasteiger partial charge in [-0.05, 0) is 131 Å². The molecular weight excluding hydrogens is 825 g/mol. The standard InChI is InChI=1S/C51H58N6O8/c1-50(2,3)64-48(62)54-42(33-15-9-7-10-16-33)44(58)40-19-13-28-57(40)47(61)53-39-26-23-35-29-36(30-37(35)31-39)32-21-24-38(25-22-32)52-45(59)41-20-14-27-56(41)46(60)43(34-17-11-8-12-18-34)55-49(63)65-51(4,5)6/h7-12,15-18,21-26,30-31,40-43H,13-14,19-20,27-29H2,1-6H3,(H,52,59)(H,53,61)(H,54,62)(H,55,63)/t40?,41-,42+,43+/m0/s1. The quantitative estimate of drug-likeness (QED) is 0.116. The van der Waals surface area contributed by atoms with Crippen LogP contribution in [0.3, 0.4) is 0 Å². The lowest BCUT2D eigenvalue weighted by Gasteiger charge is -2.29. The van der Waals surface area contributed by atoms with E-state index in [-0.39, 0.29) is 17.6 Å². The van der Waals surface area contributed by atoms with E-state index < -0.39 is 53.6 Å². The van der Waals surface area contributed by atoms with Gasteiger partial charge in [0.25, 0.3) is 5.91 Å². The van der Waals surface area contributed by atoms with Gasteiger partial charge in [-0.2, -0.15) is 0 Å². The molecule has 6 amide bonds. The van der Waals surface area contributed by atoms with E-state index in [0.717, 1.165) is 22.3 Å². The molecule has 0 aromatic heterocycles. The Labute approximate surface area is 380 Å². The number of rotatable bonds is 11. The van der Waals surface area contributed by atoms with Gasteiger partial charge in [0, 0.05) is 24.5 Å². The van der Waals surface area contributed by atoms with Crippen molar-refractivity contribution >= 4 is 58.8 Å². The third-order valence-electron chi connectivity index (χ3n) is 11.4. The Morgan fingerprint density at radius 3 is 1.75 bits per heavy atom. The molecule has 1 aliphatic carbocycles. The van der Waals surface area contributed by atoms with Crippen LogP contribution < -0.4 is 21.3 Å². The molecule has 1 unspecified atom stereocenters. The maximum Gasteiger partial charge on any atom is 0.408 e. The lowest BCUT2D eigenvalue weighted by atomic mass is 9.96. The molecule has 340 valence electrons. The number of anilines is 2. The van der Waals surface area contributed by atoms with E-state index in [0.29, 0.717) is 67.7 Å². The van der Waals surface area contributed by atoms with Crippen LogP contribution in [0.1, 0.15) is 107 Å². The molecule has 14 heteroatoms. The van der Waals surface area contributed by atoms with Crippen LogP contribution in [-0.2, 0) is 30.3 Å². The van der Waals surface area contributed by atoms with Crippen LogP contribution in [0.15, 0.2) is 103 Å². The molecule has 0 saturated carbocycles. The Morgan fingerprint density at radius 1 is 0.615 bits per heavy atom. The van der Waals surface area contributed by atoms with Gasteiger partial charge in [0.15, 0.2) is 5.78 Å². The van der Waals surface area contributed by atoms with Crippen LogP contribution in [-0.4, -0.2) is 82.0 Å². The molecule has 14 nitrogen and oxygen atoms in total. The van der Waals surface area contributed by atoms with Gasteiger partial charge in [0.1, 0.15) is 29.3 Å². The third-order valence-corrected chi connectivity index (χ3v) is 11.4. The highest BCUT2D eigenvalue weighted by atomic mass is 16.6. The molecule has 2 fully saturated rings. The molecule has 3 aliphatic rings. The average molecular weight is 883 g/mol. The summed E-state index contributed by atoms with van der Waals surface area (Å²) in [5.41, 5.74) is 4.91. The van der Waals surface area contributed by atoms with Crippen molar-refractivity contribution < 1.29 is 38.2 Å².